The van der Waals surface area contributed by atoms with E-state index in [2.05, 4.69) is 4.98 Å². The zero-order valence-electron chi connectivity index (χ0n) is 23.5. The summed E-state index contributed by atoms with van der Waals surface area (Å²) in [5.74, 6) is -2.37. The van der Waals surface area contributed by atoms with Gasteiger partial charge in [0.2, 0.25) is 0 Å². The molecule has 0 N–H and O–H groups in total. The first-order valence-corrected chi connectivity index (χ1v) is 15.7. The number of hydrogen-bond donors (Lipinski definition) is 0. The first-order valence-electron chi connectivity index (χ1n) is 13.8. The van der Waals surface area contributed by atoms with Crippen molar-refractivity contribution in [1.82, 2.24) is 13.5 Å². The molecule has 11 heteroatoms. The van der Waals surface area contributed by atoms with Gasteiger partial charge in [0.1, 0.15) is 0 Å². The first-order chi connectivity index (χ1) is 21.6. The van der Waals surface area contributed by atoms with Gasteiger partial charge in [0, 0.05) is 36.0 Å². The Morgan fingerprint density at radius 2 is 1.67 bits per heavy atom. The Balaban J connectivity index is 1.26. The standard InChI is InChI=1S/C34H24ClF2N3O4S/c35-25-18-28-29(21-40(33(28)38-19-25)45(43,44)26-8-2-1-3-9-26)24-7-4-6-22(16-24)12-14-32(41)27-10-5-15-39(34(27)42)20-23-11-13-30(36)31(37)17-23/h1-11,13,15-19,21H,12,14,20H2. The molecular weight excluding hydrogens is 620 g/mol. The van der Waals surface area contributed by atoms with Crippen molar-refractivity contribution in [3.8, 4) is 11.1 Å². The second kappa shape index (κ2) is 12.2. The molecule has 0 saturated carbocycles. The summed E-state index contributed by atoms with van der Waals surface area (Å²) in [6.45, 7) is -0.0222. The molecule has 3 aromatic carbocycles. The minimum absolute atomic E-state index is 0.00820. The maximum absolute atomic E-state index is 13.7. The predicted molar refractivity (Wildman–Crippen MR) is 168 cm³/mol. The van der Waals surface area contributed by atoms with Crippen LogP contribution in [0.5, 0.6) is 0 Å². The number of fused-ring (bicyclic) bond motifs is 1. The second-order valence-corrected chi connectivity index (χ2v) is 12.7. The quantitative estimate of drug-likeness (QED) is 0.160. The number of Topliss-reactive ketones (excluding diaryl/α,β-unsaturated/α-hetero) is 1. The van der Waals surface area contributed by atoms with Crippen LogP contribution in [0.4, 0.5) is 8.78 Å². The van der Waals surface area contributed by atoms with E-state index in [-0.39, 0.29) is 34.9 Å². The fourth-order valence-corrected chi connectivity index (χ4v) is 6.67. The summed E-state index contributed by atoms with van der Waals surface area (Å²) in [7, 11) is -3.96. The summed E-state index contributed by atoms with van der Waals surface area (Å²) in [5, 5.41) is 0.888. The lowest BCUT2D eigenvalue weighted by Gasteiger charge is -2.09. The molecule has 45 heavy (non-hydrogen) atoms. The van der Waals surface area contributed by atoms with Crippen molar-refractivity contribution in [2.24, 2.45) is 0 Å². The van der Waals surface area contributed by atoms with E-state index in [0.29, 0.717) is 33.5 Å². The Bertz CT molecular complexity index is 2250. The number of benzene rings is 3. The third-order valence-electron chi connectivity index (χ3n) is 7.41. The normalized spacial score (nSPS) is 11.6. The average molecular weight is 644 g/mol. The van der Waals surface area contributed by atoms with Gasteiger partial charge in [0.25, 0.3) is 15.6 Å². The SMILES string of the molecule is O=C(CCc1cccc(-c2cn(S(=O)(=O)c3ccccc3)c3ncc(Cl)cc23)c1)c1cccn(Cc2ccc(F)c(F)c2)c1=O. The van der Waals surface area contributed by atoms with Gasteiger partial charge in [-0.15, -0.1) is 0 Å². The molecule has 6 rings (SSSR count). The van der Waals surface area contributed by atoms with Gasteiger partial charge in [0.15, 0.2) is 23.1 Å². The molecule has 0 aliphatic heterocycles. The summed E-state index contributed by atoms with van der Waals surface area (Å²) in [6.07, 6.45) is 4.73. The molecule has 0 unspecified atom stereocenters. The summed E-state index contributed by atoms with van der Waals surface area (Å²) in [5.41, 5.74) is 2.15. The van der Waals surface area contributed by atoms with Gasteiger partial charge in [-0.25, -0.2) is 26.2 Å². The number of halogens is 3. The van der Waals surface area contributed by atoms with Crippen LogP contribution >= 0.6 is 11.6 Å². The Morgan fingerprint density at radius 1 is 0.867 bits per heavy atom. The van der Waals surface area contributed by atoms with E-state index in [1.807, 2.05) is 18.2 Å². The maximum atomic E-state index is 13.7. The maximum Gasteiger partial charge on any atom is 0.269 e. The largest absolute Gasteiger partial charge is 0.310 e. The zero-order valence-corrected chi connectivity index (χ0v) is 25.1. The summed E-state index contributed by atoms with van der Waals surface area (Å²) >= 11 is 6.26. The lowest BCUT2D eigenvalue weighted by molar-refractivity contribution is 0.0980. The number of rotatable bonds is 9. The number of ketones is 1. The molecule has 0 bridgehead atoms. The molecule has 0 aliphatic rings. The number of aromatic nitrogens is 3. The van der Waals surface area contributed by atoms with E-state index in [9.17, 15) is 26.8 Å². The van der Waals surface area contributed by atoms with Crippen LogP contribution in [-0.2, 0) is 23.0 Å². The van der Waals surface area contributed by atoms with Gasteiger partial charge in [-0.3, -0.25) is 9.59 Å². The monoisotopic (exact) mass is 643 g/mol. The van der Waals surface area contributed by atoms with Crippen molar-refractivity contribution >= 4 is 38.4 Å². The molecule has 0 spiro atoms. The van der Waals surface area contributed by atoms with Crippen molar-refractivity contribution in [3.63, 3.8) is 0 Å². The van der Waals surface area contributed by atoms with Crippen molar-refractivity contribution in [2.75, 3.05) is 0 Å². The van der Waals surface area contributed by atoms with E-state index in [1.54, 1.807) is 36.4 Å². The number of carbonyl (C=O) groups is 1. The number of hydrogen-bond acceptors (Lipinski definition) is 5. The lowest BCUT2D eigenvalue weighted by Crippen LogP contribution is -2.26. The smallest absolute Gasteiger partial charge is 0.269 e. The van der Waals surface area contributed by atoms with Crippen LogP contribution in [0.15, 0.2) is 119 Å². The third-order valence-corrected chi connectivity index (χ3v) is 9.29. The summed E-state index contributed by atoms with van der Waals surface area (Å²) < 4.78 is 56.4. The first kappa shape index (κ1) is 30.1. The second-order valence-electron chi connectivity index (χ2n) is 10.4. The van der Waals surface area contributed by atoms with Crippen LogP contribution in [0.2, 0.25) is 5.02 Å². The molecule has 0 aliphatic carbocycles. The van der Waals surface area contributed by atoms with Crippen LogP contribution in [0, 0.1) is 11.6 Å². The third kappa shape index (κ3) is 6.07. The molecule has 0 atom stereocenters. The molecule has 0 fully saturated rings. The predicted octanol–water partition coefficient (Wildman–Crippen LogP) is 6.90. The van der Waals surface area contributed by atoms with E-state index < -0.39 is 27.2 Å². The highest BCUT2D eigenvalue weighted by Gasteiger charge is 2.23. The van der Waals surface area contributed by atoms with Gasteiger partial charge in [0.05, 0.1) is 22.0 Å². The van der Waals surface area contributed by atoms with Gasteiger partial charge < -0.3 is 4.57 Å². The van der Waals surface area contributed by atoms with E-state index in [0.717, 1.165) is 21.7 Å². The molecule has 0 amide bonds. The summed E-state index contributed by atoms with van der Waals surface area (Å²) in [4.78, 5) is 30.6. The fraction of sp³-hybridized carbons (Fsp3) is 0.0882. The Labute approximate surface area is 262 Å². The lowest BCUT2D eigenvalue weighted by atomic mass is 9.99. The molecule has 226 valence electrons. The van der Waals surface area contributed by atoms with Crippen LogP contribution in [0.25, 0.3) is 22.2 Å². The minimum Gasteiger partial charge on any atom is -0.310 e. The molecule has 0 radical (unpaired) electrons. The Morgan fingerprint density at radius 3 is 2.44 bits per heavy atom. The Kier molecular flexibility index (Phi) is 8.18. The fourth-order valence-electron chi connectivity index (χ4n) is 5.17. The molecule has 3 aromatic heterocycles. The van der Waals surface area contributed by atoms with E-state index >= 15 is 0 Å². The van der Waals surface area contributed by atoms with Gasteiger partial charge >= 0.3 is 0 Å². The van der Waals surface area contributed by atoms with Crippen LogP contribution < -0.4 is 5.56 Å². The van der Waals surface area contributed by atoms with Crippen molar-refractivity contribution in [2.45, 2.75) is 24.3 Å². The molecule has 6 aromatic rings. The van der Waals surface area contributed by atoms with Crippen molar-refractivity contribution in [1.29, 1.82) is 0 Å². The van der Waals surface area contributed by atoms with Gasteiger partial charge in [-0.2, -0.15) is 0 Å². The van der Waals surface area contributed by atoms with Crippen molar-refractivity contribution in [3.05, 3.63) is 153 Å². The zero-order chi connectivity index (χ0) is 31.7. The van der Waals surface area contributed by atoms with Crippen molar-refractivity contribution < 1.29 is 22.0 Å². The van der Waals surface area contributed by atoms with E-state index in [1.165, 1.54) is 47.4 Å². The van der Waals surface area contributed by atoms with Gasteiger partial charge in [-0.1, -0.05) is 60.1 Å². The highest BCUT2D eigenvalue weighted by atomic mass is 35.5. The number of nitrogens with zero attached hydrogens (tertiary/aromatic N) is 3. The highest BCUT2D eigenvalue weighted by molar-refractivity contribution is 7.90. The minimum atomic E-state index is -3.96. The highest BCUT2D eigenvalue weighted by Crippen LogP contribution is 2.34. The topological polar surface area (TPSA) is 91.0 Å². The Hall–Kier alpha value is -4.93. The number of aryl methyl sites for hydroxylation is 1. The summed E-state index contributed by atoms with van der Waals surface area (Å²) in [6, 6.07) is 23.4. The molecule has 7 nitrogen and oxygen atoms in total. The molecule has 0 saturated heterocycles. The average Bonchev–Trinajstić information content (AvgIpc) is 3.43. The molecule has 3 heterocycles. The van der Waals surface area contributed by atoms with Gasteiger partial charge in [-0.05, 0) is 65.6 Å². The van der Waals surface area contributed by atoms with Crippen LogP contribution in [0.1, 0.15) is 27.9 Å². The van der Waals surface area contributed by atoms with E-state index in [4.69, 9.17) is 11.6 Å². The number of carbonyl (C=O) groups excluding carboxylic acids is 1. The van der Waals surface area contributed by atoms with Crippen LogP contribution in [-0.4, -0.2) is 27.7 Å². The number of pyridine rings is 2. The molecular formula is C34H24ClF2N3O4S. The van der Waals surface area contributed by atoms with Crippen LogP contribution in [0.3, 0.4) is 0 Å².